The lowest BCUT2D eigenvalue weighted by Crippen LogP contribution is -2.40. The van der Waals surface area contributed by atoms with Crippen LogP contribution in [0.5, 0.6) is 0 Å². The second-order valence-electron chi connectivity index (χ2n) is 5.81. The highest BCUT2D eigenvalue weighted by Crippen LogP contribution is 2.19. The van der Waals surface area contributed by atoms with Crippen molar-refractivity contribution in [2.45, 2.75) is 25.3 Å². The van der Waals surface area contributed by atoms with Gasteiger partial charge in [0.2, 0.25) is 5.91 Å². The molecule has 24 heavy (non-hydrogen) atoms. The third kappa shape index (κ3) is 4.03. The summed E-state index contributed by atoms with van der Waals surface area (Å²) in [6.07, 6.45) is 0.990. The van der Waals surface area contributed by atoms with Gasteiger partial charge in [-0.25, -0.2) is 9.69 Å². The average Bonchev–Trinajstić information content (AvgIpc) is 2.95. The number of imide groups is 1. The van der Waals surface area contributed by atoms with Crippen LogP contribution >= 0.6 is 15.9 Å². The first-order valence-corrected chi connectivity index (χ1v) is 8.70. The Kier molecular flexibility index (Phi) is 5.30. The molecule has 0 saturated carbocycles. The maximum Gasteiger partial charge on any atom is 0.416 e. The highest BCUT2D eigenvalue weighted by atomic mass is 79.9. The van der Waals surface area contributed by atoms with E-state index in [1.807, 2.05) is 54.6 Å². The number of benzene rings is 2. The van der Waals surface area contributed by atoms with Gasteiger partial charge in [-0.1, -0.05) is 58.4 Å². The van der Waals surface area contributed by atoms with E-state index in [4.69, 9.17) is 4.74 Å². The molecule has 0 aliphatic carbocycles. The Balaban J connectivity index is 1.62. The summed E-state index contributed by atoms with van der Waals surface area (Å²) in [6.45, 7) is 0.262. The SMILES string of the molecule is O=C(CCc1ccc(Br)cc1)N1C(=O)OC[C@H]1Cc1ccccc1. The minimum Gasteiger partial charge on any atom is -0.447 e. The number of rotatable bonds is 5. The van der Waals surface area contributed by atoms with E-state index in [1.165, 1.54) is 4.90 Å². The highest BCUT2D eigenvalue weighted by molar-refractivity contribution is 9.10. The molecule has 1 atom stereocenters. The van der Waals surface area contributed by atoms with Crippen molar-refractivity contribution in [3.63, 3.8) is 0 Å². The number of nitrogens with zero attached hydrogens (tertiary/aromatic N) is 1. The summed E-state index contributed by atoms with van der Waals surface area (Å²) < 4.78 is 6.10. The smallest absolute Gasteiger partial charge is 0.416 e. The zero-order chi connectivity index (χ0) is 16.9. The Morgan fingerprint density at radius 2 is 1.79 bits per heavy atom. The zero-order valence-electron chi connectivity index (χ0n) is 13.2. The van der Waals surface area contributed by atoms with Crippen LogP contribution in [-0.2, 0) is 22.4 Å². The van der Waals surface area contributed by atoms with Crippen LogP contribution in [0.25, 0.3) is 0 Å². The molecular formula is C19H18BrNO3. The highest BCUT2D eigenvalue weighted by Gasteiger charge is 2.37. The summed E-state index contributed by atoms with van der Waals surface area (Å²) in [7, 11) is 0. The molecular weight excluding hydrogens is 370 g/mol. The number of carbonyl (C=O) groups is 2. The van der Waals surface area contributed by atoms with Crippen LogP contribution in [0.15, 0.2) is 59.1 Å². The second kappa shape index (κ2) is 7.62. The van der Waals surface area contributed by atoms with Gasteiger partial charge in [-0.05, 0) is 36.1 Å². The number of amides is 2. The van der Waals surface area contributed by atoms with Gasteiger partial charge in [0, 0.05) is 10.9 Å². The zero-order valence-corrected chi connectivity index (χ0v) is 14.7. The van der Waals surface area contributed by atoms with E-state index in [0.717, 1.165) is 15.6 Å². The molecule has 4 nitrogen and oxygen atoms in total. The molecule has 0 N–H and O–H groups in total. The van der Waals surface area contributed by atoms with Crippen molar-refractivity contribution in [1.29, 1.82) is 0 Å². The number of carbonyl (C=O) groups excluding carboxylic acids is 2. The van der Waals surface area contributed by atoms with Gasteiger partial charge in [-0.15, -0.1) is 0 Å². The summed E-state index contributed by atoms with van der Waals surface area (Å²) in [5.74, 6) is -0.179. The maximum absolute atomic E-state index is 12.5. The third-order valence-corrected chi connectivity index (χ3v) is 4.61. The molecule has 124 valence electrons. The number of halogens is 1. The fourth-order valence-electron chi connectivity index (χ4n) is 2.83. The van der Waals surface area contributed by atoms with Crippen molar-refractivity contribution in [3.05, 3.63) is 70.2 Å². The number of hydrogen-bond donors (Lipinski definition) is 0. The largest absolute Gasteiger partial charge is 0.447 e. The lowest BCUT2D eigenvalue weighted by molar-refractivity contribution is -0.129. The number of aryl methyl sites for hydroxylation is 1. The fourth-order valence-corrected chi connectivity index (χ4v) is 3.09. The van der Waals surface area contributed by atoms with Crippen molar-refractivity contribution < 1.29 is 14.3 Å². The summed E-state index contributed by atoms with van der Waals surface area (Å²) in [5, 5.41) is 0. The molecule has 0 spiro atoms. The molecule has 2 aromatic rings. The average molecular weight is 388 g/mol. The van der Waals surface area contributed by atoms with Gasteiger partial charge in [-0.2, -0.15) is 0 Å². The first-order chi connectivity index (χ1) is 11.6. The third-order valence-electron chi connectivity index (χ3n) is 4.08. The summed E-state index contributed by atoms with van der Waals surface area (Å²) >= 11 is 3.39. The van der Waals surface area contributed by atoms with Crippen LogP contribution < -0.4 is 0 Å². The Labute approximate surface area is 149 Å². The Morgan fingerprint density at radius 1 is 1.08 bits per heavy atom. The maximum atomic E-state index is 12.5. The van der Waals surface area contributed by atoms with Gasteiger partial charge >= 0.3 is 6.09 Å². The topological polar surface area (TPSA) is 46.6 Å². The van der Waals surface area contributed by atoms with Crippen molar-refractivity contribution in [2.75, 3.05) is 6.61 Å². The molecule has 0 unspecified atom stereocenters. The second-order valence-corrected chi connectivity index (χ2v) is 6.73. The van der Waals surface area contributed by atoms with Crippen LogP contribution in [0, 0.1) is 0 Å². The van der Waals surface area contributed by atoms with Gasteiger partial charge in [0.15, 0.2) is 0 Å². The predicted octanol–water partition coefficient (Wildman–Crippen LogP) is 3.97. The molecule has 2 amide bonds. The van der Waals surface area contributed by atoms with Crippen molar-refractivity contribution in [2.24, 2.45) is 0 Å². The van der Waals surface area contributed by atoms with Gasteiger partial charge < -0.3 is 4.74 Å². The molecule has 0 radical (unpaired) electrons. The number of cyclic esters (lactones) is 1. The van der Waals surface area contributed by atoms with Crippen molar-refractivity contribution in [3.8, 4) is 0 Å². The first kappa shape index (κ1) is 16.7. The van der Waals surface area contributed by atoms with E-state index >= 15 is 0 Å². The fraction of sp³-hybridized carbons (Fsp3) is 0.263. The number of hydrogen-bond acceptors (Lipinski definition) is 3. The van der Waals surface area contributed by atoms with E-state index < -0.39 is 6.09 Å². The minimum atomic E-state index is -0.531. The molecule has 0 bridgehead atoms. The molecule has 3 rings (SSSR count). The molecule has 1 aliphatic rings. The molecule has 1 aliphatic heterocycles. The van der Waals surface area contributed by atoms with Gasteiger partial charge in [0.25, 0.3) is 0 Å². The Morgan fingerprint density at radius 3 is 2.50 bits per heavy atom. The van der Waals surface area contributed by atoms with Crippen LogP contribution in [0.2, 0.25) is 0 Å². The van der Waals surface area contributed by atoms with E-state index in [2.05, 4.69) is 15.9 Å². The Hall–Kier alpha value is -2.14. The first-order valence-electron chi connectivity index (χ1n) is 7.90. The Bertz CT molecular complexity index is 715. The van der Waals surface area contributed by atoms with Crippen LogP contribution in [0.3, 0.4) is 0 Å². The van der Waals surface area contributed by atoms with Gasteiger partial charge in [0.05, 0.1) is 6.04 Å². The van der Waals surface area contributed by atoms with Gasteiger partial charge in [0.1, 0.15) is 6.61 Å². The molecule has 1 fully saturated rings. The molecule has 1 heterocycles. The van der Waals surface area contributed by atoms with Crippen LogP contribution in [0.1, 0.15) is 17.5 Å². The molecule has 1 saturated heterocycles. The monoisotopic (exact) mass is 387 g/mol. The van der Waals surface area contributed by atoms with Crippen molar-refractivity contribution >= 4 is 27.9 Å². The van der Waals surface area contributed by atoms with E-state index in [0.29, 0.717) is 19.3 Å². The van der Waals surface area contributed by atoms with Crippen molar-refractivity contribution in [1.82, 2.24) is 4.90 Å². The summed E-state index contributed by atoms with van der Waals surface area (Å²) in [6, 6.07) is 17.4. The molecule has 2 aromatic carbocycles. The lowest BCUT2D eigenvalue weighted by atomic mass is 10.0. The van der Waals surface area contributed by atoms with Crippen LogP contribution in [-0.4, -0.2) is 29.5 Å². The van der Waals surface area contributed by atoms with Gasteiger partial charge in [-0.3, -0.25) is 4.79 Å². The minimum absolute atomic E-state index is 0.179. The van der Waals surface area contributed by atoms with E-state index in [-0.39, 0.29) is 18.6 Å². The quantitative estimate of drug-likeness (QED) is 0.779. The van der Waals surface area contributed by atoms with E-state index in [9.17, 15) is 9.59 Å². The summed E-state index contributed by atoms with van der Waals surface area (Å²) in [5.41, 5.74) is 2.16. The predicted molar refractivity (Wildman–Crippen MR) is 94.6 cm³/mol. The summed E-state index contributed by atoms with van der Waals surface area (Å²) in [4.78, 5) is 25.7. The lowest BCUT2D eigenvalue weighted by Gasteiger charge is -2.19. The standard InChI is InChI=1S/C19H18BrNO3/c20-16-9-6-14(7-10-16)8-11-18(22)21-17(13-24-19(21)23)12-15-4-2-1-3-5-15/h1-7,9-10,17H,8,11-13H2/t17-/m1/s1. The van der Waals surface area contributed by atoms with E-state index in [1.54, 1.807) is 0 Å². The normalized spacial score (nSPS) is 17.0. The molecule has 0 aromatic heterocycles. The number of ether oxygens (including phenoxy) is 1. The molecule has 5 heteroatoms. The van der Waals surface area contributed by atoms with Crippen LogP contribution in [0.4, 0.5) is 4.79 Å².